The van der Waals surface area contributed by atoms with Crippen LogP contribution in [0.15, 0.2) is 17.5 Å². The molecule has 0 radical (unpaired) electrons. The highest BCUT2D eigenvalue weighted by Crippen LogP contribution is 2.15. The summed E-state index contributed by atoms with van der Waals surface area (Å²) >= 11 is 0. The molecule has 0 spiro atoms. The van der Waals surface area contributed by atoms with Crippen molar-refractivity contribution >= 4 is 11.7 Å². The van der Waals surface area contributed by atoms with Crippen molar-refractivity contribution in [1.82, 2.24) is 14.9 Å². The minimum absolute atomic E-state index is 0.249. The van der Waals surface area contributed by atoms with Crippen LogP contribution in [0.3, 0.4) is 0 Å². The van der Waals surface area contributed by atoms with Crippen molar-refractivity contribution in [3.8, 4) is 0 Å². The Labute approximate surface area is 106 Å². The van der Waals surface area contributed by atoms with Gasteiger partial charge in [0.15, 0.2) is 5.84 Å². The van der Waals surface area contributed by atoms with E-state index in [-0.39, 0.29) is 5.84 Å². The molecular formula is C11H18N6O. The van der Waals surface area contributed by atoms with Crippen molar-refractivity contribution < 1.29 is 5.21 Å². The number of hydrogen-bond acceptors (Lipinski definition) is 6. The lowest BCUT2D eigenvalue weighted by Crippen LogP contribution is -2.49. The van der Waals surface area contributed by atoms with Gasteiger partial charge in [-0.3, -0.25) is 9.88 Å². The van der Waals surface area contributed by atoms with E-state index in [0.29, 0.717) is 6.54 Å². The maximum absolute atomic E-state index is 8.54. The number of aromatic nitrogens is 2. The summed E-state index contributed by atoms with van der Waals surface area (Å²) in [6, 6.07) is 0. The molecule has 0 saturated carbocycles. The zero-order valence-electron chi connectivity index (χ0n) is 10.5. The minimum Gasteiger partial charge on any atom is -0.409 e. The third-order valence-corrected chi connectivity index (χ3v) is 3.04. The number of nitrogens with two attached hydrogens (primary N) is 1. The summed E-state index contributed by atoms with van der Waals surface area (Å²) in [5.74, 6) is 1.19. The van der Waals surface area contributed by atoms with Crippen LogP contribution in [-0.2, 0) is 0 Å². The van der Waals surface area contributed by atoms with Crippen molar-refractivity contribution in [2.75, 3.05) is 37.6 Å². The van der Waals surface area contributed by atoms with Crippen molar-refractivity contribution in [3.63, 3.8) is 0 Å². The Morgan fingerprint density at radius 3 is 2.61 bits per heavy atom. The summed E-state index contributed by atoms with van der Waals surface area (Å²) in [6.45, 7) is 5.95. The van der Waals surface area contributed by atoms with E-state index < -0.39 is 0 Å². The van der Waals surface area contributed by atoms with Gasteiger partial charge in [0, 0.05) is 38.6 Å². The largest absolute Gasteiger partial charge is 0.409 e. The molecule has 0 unspecified atom stereocenters. The molecule has 1 fully saturated rings. The molecule has 7 heteroatoms. The van der Waals surface area contributed by atoms with E-state index in [0.717, 1.165) is 37.7 Å². The minimum atomic E-state index is 0.249. The standard InChI is InChI=1S/C11H18N6O/c1-9-11(14-3-2-13-9)17-6-4-16(5-7-17)8-10(12)15-18/h2-3,18H,4-8H2,1H3,(H2,12,15). The zero-order valence-corrected chi connectivity index (χ0v) is 10.5. The van der Waals surface area contributed by atoms with Crippen molar-refractivity contribution in [3.05, 3.63) is 18.1 Å². The van der Waals surface area contributed by atoms with Gasteiger partial charge in [0.05, 0.1) is 12.2 Å². The van der Waals surface area contributed by atoms with Gasteiger partial charge in [-0.15, -0.1) is 0 Å². The van der Waals surface area contributed by atoms with Crippen LogP contribution < -0.4 is 10.6 Å². The lowest BCUT2D eigenvalue weighted by molar-refractivity contribution is 0.278. The fourth-order valence-corrected chi connectivity index (χ4v) is 2.09. The molecule has 1 aliphatic rings. The molecule has 0 amide bonds. The van der Waals surface area contributed by atoms with E-state index in [1.807, 2.05) is 6.92 Å². The lowest BCUT2D eigenvalue weighted by atomic mass is 10.3. The summed E-state index contributed by atoms with van der Waals surface area (Å²) in [5, 5.41) is 11.5. The molecule has 0 aliphatic carbocycles. The van der Waals surface area contributed by atoms with Gasteiger partial charge in [-0.25, -0.2) is 4.98 Å². The van der Waals surface area contributed by atoms with E-state index in [1.165, 1.54) is 0 Å². The van der Waals surface area contributed by atoms with Gasteiger partial charge in [-0.05, 0) is 6.92 Å². The van der Waals surface area contributed by atoms with Crippen LogP contribution in [0.1, 0.15) is 5.69 Å². The molecule has 2 rings (SSSR count). The van der Waals surface area contributed by atoms with E-state index in [1.54, 1.807) is 12.4 Å². The Bertz CT molecular complexity index is 427. The number of piperazine rings is 1. The number of rotatable bonds is 3. The Morgan fingerprint density at radius 1 is 1.33 bits per heavy atom. The van der Waals surface area contributed by atoms with Crippen LogP contribution >= 0.6 is 0 Å². The highest BCUT2D eigenvalue weighted by Gasteiger charge is 2.19. The van der Waals surface area contributed by atoms with Gasteiger partial charge in [0.2, 0.25) is 0 Å². The van der Waals surface area contributed by atoms with Gasteiger partial charge in [0.25, 0.3) is 0 Å². The van der Waals surface area contributed by atoms with E-state index >= 15 is 0 Å². The highest BCUT2D eigenvalue weighted by atomic mass is 16.4. The Hall–Kier alpha value is -1.89. The molecule has 3 N–H and O–H groups in total. The predicted molar refractivity (Wildman–Crippen MR) is 68.8 cm³/mol. The average molecular weight is 250 g/mol. The van der Waals surface area contributed by atoms with Gasteiger partial charge < -0.3 is 15.8 Å². The molecule has 7 nitrogen and oxygen atoms in total. The van der Waals surface area contributed by atoms with Crippen LogP contribution in [0.5, 0.6) is 0 Å². The fraction of sp³-hybridized carbons (Fsp3) is 0.545. The maximum atomic E-state index is 8.54. The number of anilines is 1. The number of amidine groups is 1. The van der Waals surface area contributed by atoms with Gasteiger partial charge in [-0.2, -0.15) is 0 Å². The Balaban J connectivity index is 1.93. The van der Waals surface area contributed by atoms with E-state index in [9.17, 15) is 0 Å². The molecule has 1 aromatic heterocycles. The first kappa shape index (κ1) is 12.6. The van der Waals surface area contributed by atoms with Crippen molar-refractivity contribution in [2.24, 2.45) is 10.9 Å². The second-order valence-corrected chi connectivity index (χ2v) is 4.32. The van der Waals surface area contributed by atoms with E-state index in [2.05, 4.69) is 24.9 Å². The fourth-order valence-electron chi connectivity index (χ4n) is 2.09. The van der Waals surface area contributed by atoms with Crippen LogP contribution in [-0.4, -0.2) is 58.6 Å². The number of aryl methyl sites for hydroxylation is 1. The quantitative estimate of drug-likeness (QED) is 0.330. The first-order chi connectivity index (χ1) is 8.70. The van der Waals surface area contributed by atoms with Crippen molar-refractivity contribution in [1.29, 1.82) is 0 Å². The van der Waals surface area contributed by atoms with Crippen LogP contribution in [0.25, 0.3) is 0 Å². The normalized spacial score (nSPS) is 18.1. The monoisotopic (exact) mass is 250 g/mol. The smallest absolute Gasteiger partial charge is 0.153 e. The summed E-state index contributed by atoms with van der Waals surface area (Å²) in [7, 11) is 0. The summed E-state index contributed by atoms with van der Waals surface area (Å²) in [5.41, 5.74) is 6.44. The second kappa shape index (κ2) is 5.63. The third-order valence-electron chi connectivity index (χ3n) is 3.04. The molecule has 1 aromatic rings. The Kier molecular flexibility index (Phi) is 3.93. The number of oxime groups is 1. The van der Waals surface area contributed by atoms with Gasteiger partial charge >= 0.3 is 0 Å². The van der Waals surface area contributed by atoms with E-state index in [4.69, 9.17) is 10.9 Å². The summed E-state index contributed by atoms with van der Waals surface area (Å²) < 4.78 is 0. The number of hydrogen-bond donors (Lipinski definition) is 2. The lowest BCUT2D eigenvalue weighted by Gasteiger charge is -2.35. The van der Waals surface area contributed by atoms with Crippen LogP contribution in [0.4, 0.5) is 5.82 Å². The Morgan fingerprint density at radius 2 is 2.00 bits per heavy atom. The average Bonchev–Trinajstić information content (AvgIpc) is 2.40. The third kappa shape index (κ3) is 2.86. The maximum Gasteiger partial charge on any atom is 0.153 e. The summed E-state index contributed by atoms with van der Waals surface area (Å²) in [6.07, 6.45) is 3.42. The number of nitrogens with zero attached hydrogens (tertiary/aromatic N) is 5. The van der Waals surface area contributed by atoms with Crippen LogP contribution in [0, 0.1) is 6.92 Å². The summed E-state index contributed by atoms with van der Waals surface area (Å²) in [4.78, 5) is 13.0. The second-order valence-electron chi connectivity index (χ2n) is 4.32. The first-order valence-electron chi connectivity index (χ1n) is 5.92. The van der Waals surface area contributed by atoms with Gasteiger partial charge in [-0.1, -0.05) is 5.16 Å². The first-order valence-corrected chi connectivity index (χ1v) is 5.92. The molecule has 2 heterocycles. The molecule has 18 heavy (non-hydrogen) atoms. The topological polar surface area (TPSA) is 90.9 Å². The molecular weight excluding hydrogens is 232 g/mol. The van der Waals surface area contributed by atoms with Crippen LogP contribution in [0.2, 0.25) is 0 Å². The SMILES string of the molecule is Cc1nccnc1N1CCN(CC(N)=NO)CC1. The molecule has 98 valence electrons. The molecule has 1 aliphatic heterocycles. The molecule has 0 bridgehead atoms. The highest BCUT2D eigenvalue weighted by molar-refractivity contribution is 5.81. The van der Waals surface area contributed by atoms with Crippen molar-refractivity contribution in [2.45, 2.75) is 6.92 Å². The molecule has 1 saturated heterocycles. The molecule has 0 atom stereocenters. The zero-order chi connectivity index (χ0) is 13.0. The predicted octanol–water partition coefficient (Wildman–Crippen LogP) is -0.347. The van der Waals surface area contributed by atoms with Gasteiger partial charge in [0.1, 0.15) is 5.82 Å². The molecule has 0 aromatic carbocycles.